The van der Waals surface area contributed by atoms with Crippen molar-refractivity contribution >= 4 is 27.4 Å². The molecule has 0 aliphatic carbocycles. The average molecular weight is 346 g/mol. The van der Waals surface area contributed by atoms with Crippen LogP contribution >= 0.6 is 11.3 Å². The molecule has 0 saturated carbocycles. The van der Waals surface area contributed by atoms with Crippen molar-refractivity contribution in [3.05, 3.63) is 16.3 Å². The van der Waals surface area contributed by atoms with Crippen LogP contribution in [0.2, 0.25) is 0 Å². The number of aryl methyl sites for hydroxylation is 2. The van der Waals surface area contributed by atoms with Crippen molar-refractivity contribution in [2.45, 2.75) is 53.0 Å². The molecule has 2 aliphatic rings. The predicted molar refractivity (Wildman–Crippen MR) is 101 cm³/mol. The molecule has 0 radical (unpaired) electrons. The van der Waals surface area contributed by atoms with Crippen molar-refractivity contribution in [3.8, 4) is 0 Å². The fourth-order valence-corrected chi connectivity index (χ4v) is 5.12. The van der Waals surface area contributed by atoms with E-state index in [4.69, 9.17) is 9.97 Å². The molecule has 130 valence electrons. The number of likely N-dealkylation sites (tertiary alicyclic amines) is 1. The van der Waals surface area contributed by atoms with Gasteiger partial charge in [-0.2, -0.15) is 0 Å². The van der Waals surface area contributed by atoms with E-state index in [-0.39, 0.29) is 0 Å². The van der Waals surface area contributed by atoms with E-state index in [0.29, 0.717) is 0 Å². The maximum Gasteiger partial charge on any atom is 0.187 e. The van der Waals surface area contributed by atoms with Crippen LogP contribution in [0.5, 0.6) is 0 Å². The summed E-state index contributed by atoms with van der Waals surface area (Å²) in [6.45, 7) is 12.6. The second kappa shape index (κ2) is 6.60. The van der Waals surface area contributed by atoms with Crippen LogP contribution in [0, 0.1) is 19.8 Å². The van der Waals surface area contributed by atoms with Gasteiger partial charge in [0.2, 0.25) is 0 Å². The summed E-state index contributed by atoms with van der Waals surface area (Å²) in [5.74, 6) is 3.11. The molecule has 2 aliphatic heterocycles. The highest BCUT2D eigenvalue weighted by Gasteiger charge is 2.24. The number of hydrogen-bond donors (Lipinski definition) is 1. The molecule has 4 heterocycles. The lowest BCUT2D eigenvalue weighted by molar-refractivity contribution is -0.902. The zero-order valence-electron chi connectivity index (χ0n) is 15.2. The fraction of sp³-hybridized carbons (Fsp3) is 0.684. The van der Waals surface area contributed by atoms with Crippen LogP contribution in [0.25, 0.3) is 10.2 Å². The van der Waals surface area contributed by atoms with Crippen LogP contribution in [-0.4, -0.2) is 36.1 Å². The van der Waals surface area contributed by atoms with Crippen LogP contribution in [-0.2, 0) is 6.54 Å². The highest BCUT2D eigenvalue weighted by molar-refractivity contribution is 7.18. The molecule has 0 atom stereocenters. The van der Waals surface area contributed by atoms with Gasteiger partial charge in [0, 0.05) is 30.8 Å². The maximum absolute atomic E-state index is 5.09. The Morgan fingerprint density at radius 3 is 2.54 bits per heavy atom. The lowest BCUT2D eigenvalue weighted by Crippen LogP contribution is -3.08. The first-order valence-corrected chi connectivity index (χ1v) is 10.3. The van der Waals surface area contributed by atoms with Gasteiger partial charge in [0.25, 0.3) is 0 Å². The monoisotopic (exact) mass is 345 g/mol. The van der Waals surface area contributed by atoms with E-state index < -0.39 is 0 Å². The number of hydrogen-bond acceptors (Lipinski definition) is 4. The zero-order valence-corrected chi connectivity index (χ0v) is 16.0. The van der Waals surface area contributed by atoms with Crippen molar-refractivity contribution in [2.24, 2.45) is 5.92 Å². The van der Waals surface area contributed by atoms with Crippen molar-refractivity contribution in [2.75, 3.05) is 31.1 Å². The average Bonchev–Trinajstić information content (AvgIpc) is 3.16. The molecule has 24 heavy (non-hydrogen) atoms. The minimum atomic E-state index is 0.845. The Balaban J connectivity index is 1.73. The summed E-state index contributed by atoms with van der Waals surface area (Å²) in [6, 6.07) is 0. The molecule has 0 unspecified atom stereocenters. The van der Waals surface area contributed by atoms with Crippen LogP contribution < -0.4 is 9.80 Å². The smallest absolute Gasteiger partial charge is 0.187 e. The quantitative estimate of drug-likeness (QED) is 0.929. The van der Waals surface area contributed by atoms with Crippen molar-refractivity contribution < 1.29 is 4.90 Å². The van der Waals surface area contributed by atoms with E-state index in [1.807, 2.05) is 11.3 Å². The molecule has 1 N–H and O–H groups in total. The molecule has 2 fully saturated rings. The summed E-state index contributed by atoms with van der Waals surface area (Å²) < 4.78 is 0. The van der Waals surface area contributed by atoms with E-state index in [1.165, 1.54) is 65.2 Å². The largest absolute Gasteiger partial charge is 0.356 e. The Hall–Kier alpha value is -1.20. The molecule has 4 rings (SSSR count). The number of fused-ring (bicyclic) bond motifs is 1. The topological polar surface area (TPSA) is 33.5 Å². The zero-order chi connectivity index (χ0) is 16.7. The first-order valence-electron chi connectivity index (χ1n) is 9.47. The normalized spacial score (nSPS) is 20.4. The fourth-order valence-electron chi connectivity index (χ4n) is 4.08. The predicted octanol–water partition coefficient (Wildman–Crippen LogP) is 2.72. The molecule has 0 aromatic carbocycles. The van der Waals surface area contributed by atoms with Gasteiger partial charge in [-0.15, -0.1) is 11.3 Å². The van der Waals surface area contributed by atoms with Crippen molar-refractivity contribution in [1.82, 2.24) is 9.97 Å². The third kappa shape index (κ3) is 3.04. The lowest BCUT2D eigenvalue weighted by Gasteiger charge is -2.32. The summed E-state index contributed by atoms with van der Waals surface area (Å²) >= 11 is 1.84. The first kappa shape index (κ1) is 16.3. The summed E-state index contributed by atoms with van der Waals surface area (Å²) in [5.41, 5.74) is 1.38. The third-order valence-corrected chi connectivity index (χ3v) is 6.96. The van der Waals surface area contributed by atoms with Gasteiger partial charge in [-0.1, -0.05) is 6.92 Å². The first-order chi connectivity index (χ1) is 11.6. The van der Waals surface area contributed by atoms with E-state index >= 15 is 0 Å². The van der Waals surface area contributed by atoms with E-state index in [0.717, 1.165) is 31.4 Å². The number of aromatic nitrogens is 2. The number of rotatable bonds is 3. The highest BCUT2D eigenvalue weighted by atomic mass is 32.1. The summed E-state index contributed by atoms with van der Waals surface area (Å²) in [7, 11) is 0. The molecule has 0 spiro atoms. The summed E-state index contributed by atoms with van der Waals surface area (Å²) in [4.78, 5) is 16.8. The SMILES string of the molecule is Cc1sc2nc(C[NH+]3CCCC3)nc(N3CCC(C)CC3)c2c1C. The van der Waals surface area contributed by atoms with E-state index in [1.54, 1.807) is 4.90 Å². The summed E-state index contributed by atoms with van der Waals surface area (Å²) in [5, 5.41) is 1.31. The number of nitrogens with one attached hydrogen (secondary N) is 1. The number of anilines is 1. The van der Waals surface area contributed by atoms with Crippen LogP contribution in [0.15, 0.2) is 0 Å². The van der Waals surface area contributed by atoms with Gasteiger partial charge in [-0.25, -0.2) is 9.97 Å². The molecule has 2 aromatic heterocycles. The molecule has 0 bridgehead atoms. The maximum atomic E-state index is 5.09. The van der Waals surface area contributed by atoms with Crippen molar-refractivity contribution in [3.63, 3.8) is 0 Å². The van der Waals surface area contributed by atoms with Gasteiger partial charge in [0.05, 0.1) is 18.5 Å². The number of piperidine rings is 1. The van der Waals surface area contributed by atoms with E-state index in [9.17, 15) is 0 Å². The van der Waals surface area contributed by atoms with Crippen molar-refractivity contribution in [1.29, 1.82) is 0 Å². The lowest BCUT2D eigenvalue weighted by atomic mass is 9.99. The Labute approximate surface area is 148 Å². The van der Waals surface area contributed by atoms with Gasteiger partial charge in [-0.05, 0) is 38.2 Å². The molecule has 5 heteroatoms. The van der Waals surface area contributed by atoms with Gasteiger partial charge in [0.1, 0.15) is 17.2 Å². The molecular weight excluding hydrogens is 316 g/mol. The molecular formula is C19H29N4S+. The third-order valence-electron chi connectivity index (χ3n) is 5.86. The molecule has 4 nitrogen and oxygen atoms in total. The second-order valence-corrected chi connectivity index (χ2v) is 8.93. The van der Waals surface area contributed by atoms with Gasteiger partial charge < -0.3 is 9.80 Å². The minimum absolute atomic E-state index is 0.845. The van der Waals surface area contributed by atoms with Crippen LogP contribution in [0.4, 0.5) is 5.82 Å². The van der Waals surface area contributed by atoms with Crippen LogP contribution in [0.3, 0.4) is 0 Å². The van der Waals surface area contributed by atoms with E-state index in [2.05, 4.69) is 25.7 Å². The van der Waals surface area contributed by atoms with Gasteiger partial charge >= 0.3 is 0 Å². The Morgan fingerprint density at radius 1 is 1.12 bits per heavy atom. The van der Waals surface area contributed by atoms with Gasteiger partial charge in [0.15, 0.2) is 5.82 Å². The molecule has 2 saturated heterocycles. The second-order valence-electron chi connectivity index (χ2n) is 7.73. The number of thiophene rings is 1. The van der Waals surface area contributed by atoms with Gasteiger partial charge in [-0.3, -0.25) is 0 Å². The molecule has 0 amide bonds. The number of nitrogens with zero attached hydrogens (tertiary/aromatic N) is 3. The Bertz CT molecular complexity index is 725. The standard InChI is InChI=1S/C19H28N4S/c1-13-6-10-23(11-7-13)18-17-14(2)15(3)24-19(17)21-16(20-18)12-22-8-4-5-9-22/h13H,4-12H2,1-3H3/p+1. The summed E-state index contributed by atoms with van der Waals surface area (Å²) in [6.07, 6.45) is 5.26. The Morgan fingerprint density at radius 2 is 1.83 bits per heavy atom. The molecule has 2 aromatic rings. The number of quaternary nitrogens is 1. The Kier molecular flexibility index (Phi) is 4.48. The highest BCUT2D eigenvalue weighted by Crippen LogP contribution is 2.36. The minimum Gasteiger partial charge on any atom is -0.356 e. The van der Waals surface area contributed by atoms with Crippen LogP contribution in [0.1, 0.15) is 48.9 Å².